The van der Waals surface area contributed by atoms with E-state index < -0.39 is 11.6 Å². The van der Waals surface area contributed by atoms with Gasteiger partial charge in [0.05, 0.1) is 7.11 Å². The van der Waals surface area contributed by atoms with Crippen LogP contribution in [0.25, 0.3) is 22.0 Å². The molecule has 1 aromatic heterocycles. The molecular weight excluding hydrogens is 288 g/mol. The van der Waals surface area contributed by atoms with Gasteiger partial charge < -0.3 is 10.1 Å². The van der Waals surface area contributed by atoms with Crippen LogP contribution in [0.1, 0.15) is 0 Å². The molecule has 0 spiro atoms. The quantitative estimate of drug-likeness (QED) is 0.802. The predicted octanol–water partition coefficient (Wildman–Crippen LogP) is 3.63. The highest BCUT2D eigenvalue weighted by Crippen LogP contribution is 2.34. The zero-order chi connectivity index (χ0) is 15.7. The molecule has 0 saturated heterocycles. The maximum Gasteiger partial charge on any atom is 0.145 e. The summed E-state index contributed by atoms with van der Waals surface area (Å²) in [6, 6.07) is 6.89. The summed E-state index contributed by atoms with van der Waals surface area (Å²) >= 11 is 0. The van der Waals surface area contributed by atoms with Crippen molar-refractivity contribution in [2.24, 2.45) is 0 Å². The number of ether oxygens (including phenoxy) is 1. The van der Waals surface area contributed by atoms with Gasteiger partial charge in [0.25, 0.3) is 0 Å². The van der Waals surface area contributed by atoms with E-state index in [0.717, 1.165) is 6.07 Å². The summed E-state index contributed by atoms with van der Waals surface area (Å²) in [5.74, 6) is -0.152. The summed E-state index contributed by atoms with van der Waals surface area (Å²) in [6.45, 7) is 0. The molecule has 1 heterocycles. The molecule has 0 bridgehead atoms. The topological polar surface area (TPSA) is 47.0 Å². The molecule has 0 atom stereocenters. The normalized spacial score (nSPS) is 10.7. The Balaban J connectivity index is 2.31. The van der Waals surface area contributed by atoms with Gasteiger partial charge in [-0.05, 0) is 29.8 Å². The Kier molecular flexibility index (Phi) is 3.58. The van der Waals surface area contributed by atoms with E-state index in [1.54, 1.807) is 19.2 Å². The van der Waals surface area contributed by atoms with Gasteiger partial charge in [0, 0.05) is 24.1 Å². The maximum atomic E-state index is 14.0. The smallest absolute Gasteiger partial charge is 0.145 e. The van der Waals surface area contributed by atoms with E-state index in [9.17, 15) is 8.78 Å². The van der Waals surface area contributed by atoms with E-state index in [0.29, 0.717) is 28.0 Å². The second-order valence-electron chi connectivity index (χ2n) is 4.67. The average molecular weight is 301 g/mol. The molecule has 1 N–H and O–H groups in total. The van der Waals surface area contributed by atoms with Crippen molar-refractivity contribution in [2.45, 2.75) is 0 Å². The van der Waals surface area contributed by atoms with Crippen molar-refractivity contribution in [2.75, 3.05) is 19.5 Å². The predicted molar refractivity (Wildman–Crippen MR) is 81.0 cm³/mol. The van der Waals surface area contributed by atoms with Crippen molar-refractivity contribution in [3.63, 3.8) is 0 Å². The highest BCUT2D eigenvalue weighted by Gasteiger charge is 2.13. The number of nitrogens with one attached hydrogen (secondary N) is 1. The van der Waals surface area contributed by atoms with Crippen LogP contribution in [0.3, 0.4) is 0 Å². The molecule has 3 aromatic rings. The summed E-state index contributed by atoms with van der Waals surface area (Å²) in [5.41, 5.74) is 1.47. The third-order valence-electron chi connectivity index (χ3n) is 3.40. The van der Waals surface area contributed by atoms with Crippen LogP contribution < -0.4 is 10.1 Å². The van der Waals surface area contributed by atoms with Crippen molar-refractivity contribution in [1.29, 1.82) is 0 Å². The van der Waals surface area contributed by atoms with Crippen LogP contribution in [0.4, 0.5) is 14.6 Å². The van der Waals surface area contributed by atoms with Gasteiger partial charge in [-0.2, -0.15) is 0 Å². The first kappa shape index (κ1) is 14.2. The molecular formula is C16H13F2N3O. The number of aromatic nitrogens is 2. The molecule has 0 fully saturated rings. The molecule has 2 aromatic carbocycles. The van der Waals surface area contributed by atoms with Gasteiger partial charge in [-0.15, -0.1) is 0 Å². The minimum absolute atomic E-state index is 0.285. The number of hydrogen-bond donors (Lipinski definition) is 1. The molecule has 112 valence electrons. The zero-order valence-electron chi connectivity index (χ0n) is 12.0. The SMILES string of the molecule is CNc1ncnc2c(OC)cc(-c3ccc(F)cc3F)cc12. The third kappa shape index (κ3) is 2.32. The fraction of sp³-hybridized carbons (Fsp3) is 0.125. The Bertz CT molecular complexity index is 852. The minimum Gasteiger partial charge on any atom is -0.494 e. The molecule has 0 amide bonds. The Hall–Kier alpha value is -2.76. The Morgan fingerprint density at radius 2 is 1.91 bits per heavy atom. The maximum absolute atomic E-state index is 14.0. The number of benzene rings is 2. The van der Waals surface area contributed by atoms with Crippen LogP contribution in [0.5, 0.6) is 5.75 Å². The van der Waals surface area contributed by atoms with E-state index >= 15 is 0 Å². The minimum atomic E-state index is -0.635. The Morgan fingerprint density at radius 3 is 2.59 bits per heavy atom. The van der Waals surface area contributed by atoms with E-state index in [-0.39, 0.29) is 5.56 Å². The monoisotopic (exact) mass is 301 g/mol. The number of rotatable bonds is 3. The van der Waals surface area contributed by atoms with Crippen LogP contribution in [-0.4, -0.2) is 24.1 Å². The van der Waals surface area contributed by atoms with Gasteiger partial charge in [0.2, 0.25) is 0 Å². The van der Waals surface area contributed by atoms with Crippen molar-refractivity contribution < 1.29 is 13.5 Å². The number of anilines is 1. The summed E-state index contributed by atoms with van der Waals surface area (Å²) < 4.78 is 32.5. The second-order valence-corrected chi connectivity index (χ2v) is 4.67. The van der Waals surface area contributed by atoms with Gasteiger partial charge in [-0.3, -0.25) is 0 Å². The molecule has 0 aliphatic heterocycles. The van der Waals surface area contributed by atoms with Gasteiger partial charge in [-0.1, -0.05) is 0 Å². The van der Waals surface area contributed by atoms with E-state index in [2.05, 4.69) is 15.3 Å². The summed E-state index contributed by atoms with van der Waals surface area (Å²) in [4.78, 5) is 8.34. The molecule has 0 aliphatic rings. The molecule has 22 heavy (non-hydrogen) atoms. The van der Waals surface area contributed by atoms with Crippen molar-refractivity contribution in [3.05, 3.63) is 48.3 Å². The first-order valence-corrected chi connectivity index (χ1v) is 6.60. The molecule has 3 rings (SSSR count). The lowest BCUT2D eigenvalue weighted by Gasteiger charge is -2.11. The highest BCUT2D eigenvalue weighted by atomic mass is 19.1. The summed E-state index contributed by atoms with van der Waals surface area (Å²) in [5, 5.41) is 3.66. The van der Waals surface area contributed by atoms with Crippen LogP contribution >= 0.6 is 0 Å². The zero-order valence-corrected chi connectivity index (χ0v) is 12.0. The average Bonchev–Trinajstić information content (AvgIpc) is 2.53. The molecule has 0 unspecified atom stereocenters. The highest BCUT2D eigenvalue weighted by molar-refractivity contribution is 5.96. The molecule has 4 nitrogen and oxygen atoms in total. The lowest BCUT2D eigenvalue weighted by Crippen LogP contribution is -1.97. The molecule has 0 saturated carbocycles. The fourth-order valence-corrected chi connectivity index (χ4v) is 2.37. The molecule has 6 heteroatoms. The van der Waals surface area contributed by atoms with Gasteiger partial charge in [0.15, 0.2) is 0 Å². The van der Waals surface area contributed by atoms with E-state index in [1.165, 1.54) is 25.6 Å². The first-order chi connectivity index (χ1) is 10.6. The van der Waals surface area contributed by atoms with Gasteiger partial charge >= 0.3 is 0 Å². The number of methoxy groups -OCH3 is 1. The number of fused-ring (bicyclic) bond motifs is 1. The lowest BCUT2D eigenvalue weighted by molar-refractivity contribution is 0.419. The first-order valence-electron chi connectivity index (χ1n) is 6.60. The standard InChI is InChI=1S/C16H13F2N3O/c1-19-16-12-5-9(11-4-3-10(17)7-13(11)18)6-14(22-2)15(12)20-8-21-16/h3-8H,1-2H3,(H,19,20,21). The van der Waals surface area contributed by atoms with E-state index in [4.69, 9.17) is 4.74 Å². The van der Waals surface area contributed by atoms with Gasteiger partial charge in [-0.25, -0.2) is 18.7 Å². The Morgan fingerprint density at radius 1 is 1.09 bits per heavy atom. The van der Waals surface area contributed by atoms with Crippen molar-refractivity contribution in [1.82, 2.24) is 9.97 Å². The van der Waals surface area contributed by atoms with Crippen LogP contribution in [0.15, 0.2) is 36.7 Å². The van der Waals surface area contributed by atoms with Gasteiger partial charge in [0.1, 0.15) is 35.0 Å². The summed E-state index contributed by atoms with van der Waals surface area (Å²) in [6.07, 6.45) is 1.43. The fourth-order valence-electron chi connectivity index (χ4n) is 2.37. The number of hydrogen-bond acceptors (Lipinski definition) is 4. The molecule has 0 radical (unpaired) electrons. The lowest BCUT2D eigenvalue weighted by atomic mass is 10.0. The number of halogens is 2. The van der Waals surface area contributed by atoms with E-state index in [1.807, 2.05) is 0 Å². The third-order valence-corrected chi connectivity index (χ3v) is 3.40. The van der Waals surface area contributed by atoms with Crippen molar-refractivity contribution >= 4 is 16.7 Å². The van der Waals surface area contributed by atoms with Crippen LogP contribution in [0.2, 0.25) is 0 Å². The van der Waals surface area contributed by atoms with Crippen LogP contribution in [-0.2, 0) is 0 Å². The largest absolute Gasteiger partial charge is 0.494 e. The molecule has 0 aliphatic carbocycles. The Labute approximate surface area is 125 Å². The van der Waals surface area contributed by atoms with Crippen molar-refractivity contribution in [3.8, 4) is 16.9 Å². The summed E-state index contributed by atoms with van der Waals surface area (Å²) in [7, 11) is 3.25. The second kappa shape index (κ2) is 5.55. The number of nitrogens with zero attached hydrogens (tertiary/aromatic N) is 2. The van der Waals surface area contributed by atoms with Crippen LogP contribution in [0, 0.1) is 11.6 Å².